The topological polar surface area (TPSA) is 72.1 Å². The molecule has 1 N–H and O–H groups in total. The number of ether oxygens (including phenoxy) is 1. The van der Waals surface area contributed by atoms with Crippen molar-refractivity contribution in [3.63, 3.8) is 0 Å². The number of carbonyl (C=O) groups excluding carboxylic acids is 2. The first kappa shape index (κ1) is 13.1. The number of H-pyrrole nitrogens is 1. The van der Waals surface area contributed by atoms with Crippen molar-refractivity contribution in [2.75, 3.05) is 7.11 Å². The van der Waals surface area contributed by atoms with Crippen LogP contribution in [0.25, 0.3) is 22.2 Å². The molecule has 5 heteroatoms. The molecule has 0 aliphatic rings. The highest BCUT2D eigenvalue weighted by molar-refractivity contribution is 6.44. The molecule has 0 saturated carbocycles. The lowest BCUT2D eigenvalue weighted by Crippen LogP contribution is -2.16. The second-order valence-corrected chi connectivity index (χ2v) is 4.48. The third-order valence-corrected chi connectivity index (χ3v) is 3.25. The van der Waals surface area contributed by atoms with E-state index in [4.69, 9.17) is 0 Å². The number of nitrogens with zero attached hydrogens (tertiary/aromatic N) is 1. The average molecular weight is 280 g/mol. The van der Waals surface area contributed by atoms with Crippen molar-refractivity contribution in [3.8, 4) is 11.3 Å². The van der Waals surface area contributed by atoms with Gasteiger partial charge in [-0.1, -0.05) is 18.2 Å². The maximum absolute atomic E-state index is 12.3. The summed E-state index contributed by atoms with van der Waals surface area (Å²) in [6.07, 6.45) is 3.28. The first-order chi connectivity index (χ1) is 10.2. The fraction of sp³-hybridized carbons (Fsp3) is 0.0625. The van der Waals surface area contributed by atoms with Crippen LogP contribution in [0.1, 0.15) is 10.4 Å². The molecule has 1 aromatic carbocycles. The van der Waals surface area contributed by atoms with Crippen LogP contribution in [0.5, 0.6) is 0 Å². The first-order valence-electron chi connectivity index (χ1n) is 6.36. The minimum atomic E-state index is -0.884. The normalized spacial score (nSPS) is 10.5. The summed E-state index contributed by atoms with van der Waals surface area (Å²) in [5, 5.41) is 0.687. The number of pyridine rings is 1. The average Bonchev–Trinajstić information content (AvgIpc) is 2.93. The number of para-hydroxylation sites is 1. The molecular formula is C16H12N2O3. The monoisotopic (exact) mass is 280 g/mol. The zero-order valence-corrected chi connectivity index (χ0v) is 11.3. The molecule has 0 aliphatic carbocycles. The van der Waals surface area contributed by atoms with Gasteiger partial charge in [-0.05, 0) is 18.2 Å². The number of fused-ring (bicyclic) bond motifs is 1. The van der Waals surface area contributed by atoms with Crippen LogP contribution >= 0.6 is 0 Å². The minimum absolute atomic E-state index is 0.311. The van der Waals surface area contributed by atoms with E-state index in [1.165, 1.54) is 7.11 Å². The number of Topliss-reactive ketones (excluding diaryl/α,β-unsaturated/α-hetero) is 1. The lowest BCUT2D eigenvalue weighted by molar-refractivity contribution is -0.135. The van der Waals surface area contributed by atoms with Crippen LogP contribution in [0.2, 0.25) is 0 Å². The molecule has 0 fully saturated rings. The van der Waals surface area contributed by atoms with E-state index in [-0.39, 0.29) is 0 Å². The van der Waals surface area contributed by atoms with E-state index in [0.717, 1.165) is 11.1 Å². The molecular weight excluding hydrogens is 268 g/mol. The van der Waals surface area contributed by atoms with Crippen LogP contribution < -0.4 is 0 Å². The van der Waals surface area contributed by atoms with Gasteiger partial charge < -0.3 is 9.72 Å². The summed E-state index contributed by atoms with van der Waals surface area (Å²) in [5.74, 6) is -1.56. The number of rotatable bonds is 3. The van der Waals surface area contributed by atoms with E-state index in [1.54, 1.807) is 24.5 Å². The van der Waals surface area contributed by atoms with Crippen molar-refractivity contribution < 1.29 is 14.3 Å². The van der Waals surface area contributed by atoms with Gasteiger partial charge in [0, 0.05) is 28.9 Å². The minimum Gasteiger partial charge on any atom is -0.463 e. The molecule has 3 rings (SSSR count). The lowest BCUT2D eigenvalue weighted by atomic mass is 10.0. The largest absolute Gasteiger partial charge is 0.463 e. The molecule has 0 bridgehead atoms. The molecule has 0 aliphatic heterocycles. The van der Waals surface area contributed by atoms with E-state index >= 15 is 0 Å². The van der Waals surface area contributed by atoms with Gasteiger partial charge in [-0.3, -0.25) is 9.78 Å². The van der Waals surface area contributed by atoms with Gasteiger partial charge in [0.25, 0.3) is 5.78 Å². The van der Waals surface area contributed by atoms with Gasteiger partial charge in [-0.25, -0.2) is 4.79 Å². The molecule has 21 heavy (non-hydrogen) atoms. The van der Waals surface area contributed by atoms with Crippen LogP contribution in [0, 0.1) is 0 Å². The Bertz CT molecular complexity index is 822. The van der Waals surface area contributed by atoms with Gasteiger partial charge in [0.1, 0.15) is 0 Å². The van der Waals surface area contributed by atoms with E-state index in [9.17, 15) is 9.59 Å². The molecule has 3 aromatic rings. The molecule has 0 unspecified atom stereocenters. The molecule has 0 radical (unpaired) electrons. The molecule has 2 aromatic heterocycles. The maximum Gasteiger partial charge on any atom is 0.379 e. The zero-order valence-electron chi connectivity index (χ0n) is 11.3. The van der Waals surface area contributed by atoms with Gasteiger partial charge in [-0.2, -0.15) is 0 Å². The Morgan fingerprint density at radius 1 is 1.14 bits per heavy atom. The summed E-state index contributed by atoms with van der Waals surface area (Å²) in [6.45, 7) is 0. The number of benzene rings is 1. The highest BCUT2D eigenvalue weighted by Gasteiger charge is 2.25. The standard InChI is InChI=1S/C16H12N2O3/c1-21-16(20)15(19)13-11-6-2-3-7-12(11)18-14(13)10-5-4-8-17-9-10/h2-9,18H,1H3. The van der Waals surface area contributed by atoms with Gasteiger partial charge >= 0.3 is 5.97 Å². The smallest absolute Gasteiger partial charge is 0.379 e. The Morgan fingerprint density at radius 2 is 1.95 bits per heavy atom. The Morgan fingerprint density at radius 3 is 2.67 bits per heavy atom. The van der Waals surface area contributed by atoms with Gasteiger partial charge in [0.05, 0.1) is 18.4 Å². The Kier molecular flexibility index (Phi) is 3.23. The number of aromatic nitrogens is 2. The molecule has 5 nitrogen and oxygen atoms in total. The number of carbonyl (C=O) groups is 2. The molecule has 104 valence electrons. The Labute approximate surface area is 120 Å². The van der Waals surface area contributed by atoms with E-state index in [1.807, 2.05) is 24.3 Å². The van der Waals surface area contributed by atoms with E-state index < -0.39 is 11.8 Å². The quantitative estimate of drug-likeness (QED) is 0.454. The van der Waals surface area contributed by atoms with E-state index in [2.05, 4.69) is 14.7 Å². The van der Waals surface area contributed by atoms with Crippen molar-refractivity contribution in [2.45, 2.75) is 0 Å². The molecule has 0 saturated heterocycles. The number of hydrogen-bond acceptors (Lipinski definition) is 4. The highest BCUT2D eigenvalue weighted by atomic mass is 16.5. The summed E-state index contributed by atoms with van der Waals surface area (Å²) < 4.78 is 4.56. The molecule has 0 atom stereocenters. The number of esters is 1. The van der Waals surface area contributed by atoms with Crippen molar-refractivity contribution in [1.29, 1.82) is 0 Å². The summed E-state index contributed by atoms with van der Waals surface area (Å²) in [5.41, 5.74) is 2.40. The van der Waals surface area contributed by atoms with Crippen molar-refractivity contribution in [1.82, 2.24) is 9.97 Å². The van der Waals surface area contributed by atoms with E-state index in [0.29, 0.717) is 16.6 Å². The summed E-state index contributed by atoms with van der Waals surface area (Å²) in [6, 6.07) is 10.9. The van der Waals surface area contributed by atoms with Gasteiger partial charge in [-0.15, -0.1) is 0 Å². The van der Waals surface area contributed by atoms with Gasteiger partial charge in [0.2, 0.25) is 0 Å². The number of hydrogen-bond donors (Lipinski definition) is 1. The Hall–Kier alpha value is -2.95. The maximum atomic E-state index is 12.3. The third-order valence-electron chi connectivity index (χ3n) is 3.25. The number of nitrogens with one attached hydrogen (secondary N) is 1. The second kappa shape index (κ2) is 5.20. The molecule has 0 spiro atoms. The number of ketones is 1. The summed E-state index contributed by atoms with van der Waals surface area (Å²) >= 11 is 0. The molecule has 0 amide bonds. The van der Waals surface area contributed by atoms with Crippen molar-refractivity contribution in [2.24, 2.45) is 0 Å². The lowest BCUT2D eigenvalue weighted by Gasteiger charge is -2.02. The summed E-state index contributed by atoms with van der Waals surface area (Å²) in [4.78, 5) is 31.2. The fourth-order valence-corrected chi connectivity index (χ4v) is 2.30. The van der Waals surface area contributed by atoms with Crippen LogP contribution in [-0.2, 0) is 9.53 Å². The highest BCUT2D eigenvalue weighted by Crippen LogP contribution is 2.30. The van der Waals surface area contributed by atoms with Crippen molar-refractivity contribution >= 4 is 22.7 Å². The number of aromatic amines is 1. The van der Waals surface area contributed by atoms with Crippen LogP contribution in [0.15, 0.2) is 48.8 Å². The van der Waals surface area contributed by atoms with Crippen LogP contribution in [0.4, 0.5) is 0 Å². The summed E-state index contributed by atoms with van der Waals surface area (Å²) in [7, 11) is 1.19. The van der Waals surface area contributed by atoms with Crippen LogP contribution in [0.3, 0.4) is 0 Å². The van der Waals surface area contributed by atoms with Crippen molar-refractivity contribution in [3.05, 3.63) is 54.4 Å². The fourth-order valence-electron chi connectivity index (χ4n) is 2.30. The third kappa shape index (κ3) is 2.18. The predicted molar refractivity (Wildman–Crippen MR) is 77.9 cm³/mol. The molecule has 2 heterocycles. The van der Waals surface area contributed by atoms with Crippen LogP contribution in [-0.4, -0.2) is 28.8 Å². The zero-order chi connectivity index (χ0) is 14.8. The van der Waals surface area contributed by atoms with Gasteiger partial charge in [0.15, 0.2) is 0 Å². The Balaban J connectivity index is 2.29. The SMILES string of the molecule is COC(=O)C(=O)c1c(-c2cccnc2)[nH]c2ccccc12. The first-order valence-corrected chi connectivity index (χ1v) is 6.36. The number of methoxy groups -OCH3 is 1. The predicted octanol–water partition coefficient (Wildman–Crippen LogP) is 2.59. The second-order valence-electron chi connectivity index (χ2n) is 4.48.